The summed E-state index contributed by atoms with van der Waals surface area (Å²) >= 11 is 0. The van der Waals surface area contributed by atoms with Gasteiger partial charge in [0.1, 0.15) is 0 Å². The van der Waals surface area contributed by atoms with Gasteiger partial charge >= 0.3 is 0 Å². The second-order valence-corrected chi connectivity index (χ2v) is 9.89. The molecule has 0 aliphatic carbocycles. The quantitative estimate of drug-likeness (QED) is 0.466. The van der Waals surface area contributed by atoms with E-state index in [0.717, 1.165) is 47.7 Å². The summed E-state index contributed by atoms with van der Waals surface area (Å²) < 4.78 is 0. The number of benzene rings is 3. The third-order valence-corrected chi connectivity index (χ3v) is 7.62. The van der Waals surface area contributed by atoms with Crippen LogP contribution in [0.4, 0.5) is 5.69 Å². The molecule has 4 aliphatic rings. The first-order valence-electron chi connectivity index (χ1n) is 12.7. The molecule has 1 atom stereocenters. The van der Waals surface area contributed by atoms with Crippen molar-refractivity contribution in [1.29, 1.82) is 0 Å². The highest BCUT2D eigenvalue weighted by molar-refractivity contribution is 6.36. The van der Waals surface area contributed by atoms with Crippen molar-refractivity contribution in [1.82, 2.24) is 15.5 Å². The Morgan fingerprint density at radius 3 is 2.33 bits per heavy atom. The minimum absolute atomic E-state index is 0.139. The van der Waals surface area contributed by atoms with Crippen LogP contribution in [0.5, 0.6) is 0 Å². The maximum atomic E-state index is 13.3. The third-order valence-electron chi connectivity index (χ3n) is 7.62. The number of carbonyl (C=O) groups is 2. The molecule has 0 aromatic heterocycles. The molecule has 0 saturated carbocycles. The summed E-state index contributed by atoms with van der Waals surface area (Å²) in [4.78, 5) is 28.8. The van der Waals surface area contributed by atoms with Crippen LogP contribution < -0.4 is 16.0 Å². The van der Waals surface area contributed by atoms with Gasteiger partial charge in [-0.15, -0.1) is 0 Å². The van der Waals surface area contributed by atoms with Crippen molar-refractivity contribution in [2.45, 2.75) is 25.4 Å². The second kappa shape index (κ2) is 9.63. The normalized spacial score (nSPS) is 23.6. The van der Waals surface area contributed by atoms with Gasteiger partial charge < -0.3 is 20.9 Å². The largest absolute Gasteiger partial charge is 0.380 e. The smallest absolute Gasteiger partial charge is 0.258 e. The highest BCUT2D eigenvalue weighted by atomic mass is 16.2. The predicted molar refractivity (Wildman–Crippen MR) is 142 cm³/mol. The first-order valence-corrected chi connectivity index (χ1v) is 12.7. The van der Waals surface area contributed by atoms with Crippen LogP contribution in [0.1, 0.15) is 39.9 Å². The van der Waals surface area contributed by atoms with Gasteiger partial charge in [0.05, 0.1) is 11.3 Å². The Balaban J connectivity index is 1.35. The summed E-state index contributed by atoms with van der Waals surface area (Å²) in [6, 6.07) is 25.6. The zero-order valence-corrected chi connectivity index (χ0v) is 20.2. The first kappa shape index (κ1) is 22.6. The van der Waals surface area contributed by atoms with Crippen LogP contribution in [0.2, 0.25) is 0 Å². The average molecular weight is 479 g/mol. The van der Waals surface area contributed by atoms with Gasteiger partial charge in [-0.05, 0) is 61.2 Å². The van der Waals surface area contributed by atoms with Crippen LogP contribution in [0.15, 0.2) is 78.9 Å². The lowest BCUT2D eigenvalue weighted by Crippen LogP contribution is -2.55. The molecule has 3 aromatic carbocycles. The molecular formula is C30H30N4O2. The van der Waals surface area contributed by atoms with Crippen LogP contribution in [-0.4, -0.2) is 42.4 Å². The van der Waals surface area contributed by atoms with Crippen molar-refractivity contribution in [3.63, 3.8) is 0 Å². The number of amides is 2. The fourth-order valence-electron chi connectivity index (χ4n) is 5.66. The van der Waals surface area contributed by atoms with Gasteiger partial charge in [0.25, 0.3) is 11.8 Å². The lowest BCUT2D eigenvalue weighted by Gasteiger charge is -2.45. The Morgan fingerprint density at radius 2 is 1.64 bits per heavy atom. The van der Waals surface area contributed by atoms with Gasteiger partial charge in [0.15, 0.2) is 0 Å². The number of hydrogen-bond donors (Lipinski definition) is 3. The standard InChI is InChI=1S/C30H30N4O2/c35-29(31-18-20-7-3-1-4-8-20)23-11-12-25-24(17-23)27(30(36)33-25)28(22-9-5-2-6-10-22)32-26-19-34-15-13-21(26)14-16-34/h1-12,17,21,26,32H,13-16,18-19H2,(H,31,35)(H,33,36)/b28-27-/t26-/m0/s1. The topological polar surface area (TPSA) is 73.5 Å². The van der Waals surface area contributed by atoms with Gasteiger partial charge in [-0.1, -0.05) is 60.7 Å². The number of fused-ring (bicyclic) bond motifs is 4. The van der Waals surface area contributed by atoms with E-state index in [1.807, 2.05) is 72.8 Å². The number of nitrogens with one attached hydrogen (secondary N) is 3. The molecule has 3 N–H and O–H groups in total. The molecule has 6 heteroatoms. The zero-order valence-electron chi connectivity index (χ0n) is 20.2. The third kappa shape index (κ3) is 4.40. The molecule has 6 nitrogen and oxygen atoms in total. The molecule has 4 heterocycles. The first-order chi connectivity index (χ1) is 17.7. The van der Waals surface area contributed by atoms with Crippen molar-refractivity contribution in [2.24, 2.45) is 5.92 Å². The van der Waals surface area contributed by atoms with Crippen molar-refractivity contribution in [3.05, 3.63) is 101 Å². The molecule has 3 fully saturated rings. The molecule has 7 rings (SSSR count). The van der Waals surface area contributed by atoms with E-state index in [1.54, 1.807) is 6.07 Å². The maximum Gasteiger partial charge on any atom is 0.258 e. The summed E-state index contributed by atoms with van der Waals surface area (Å²) in [7, 11) is 0. The van der Waals surface area contributed by atoms with E-state index in [4.69, 9.17) is 0 Å². The predicted octanol–water partition coefficient (Wildman–Crippen LogP) is 4.12. The molecular weight excluding hydrogens is 448 g/mol. The minimum Gasteiger partial charge on any atom is -0.380 e. The van der Waals surface area contributed by atoms with Crippen LogP contribution in [0, 0.1) is 5.92 Å². The lowest BCUT2D eigenvalue weighted by molar-refractivity contribution is -0.110. The minimum atomic E-state index is -0.160. The van der Waals surface area contributed by atoms with Gasteiger partial charge in [-0.3, -0.25) is 9.59 Å². The Kier molecular flexibility index (Phi) is 6.03. The van der Waals surface area contributed by atoms with Gasteiger partial charge in [-0.2, -0.15) is 0 Å². The number of piperidine rings is 3. The summed E-state index contributed by atoms with van der Waals surface area (Å²) in [6.45, 7) is 3.76. The van der Waals surface area contributed by atoms with Crippen LogP contribution >= 0.6 is 0 Å². The van der Waals surface area contributed by atoms with E-state index in [9.17, 15) is 9.59 Å². The monoisotopic (exact) mass is 478 g/mol. The molecule has 182 valence electrons. The van der Waals surface area contributed by atoms with E-state index in [0.29, 0.717) is 29.6 Å². The Morgan fingerprint density at radius 1 is 0.917 bits per heavy atom. The van der Waals surface area contributed by atoms with E-state index in [2.05, 4.69) is 20.9 Å². The van der Waals surface area contributed by atoms with Crippen molar-refractivity contribution in [3.8, 4) is 0 Å². The number of hydrogen-bond acceptors (Lipinski definition) is 4. The van der Waals surface area contributed by atoms with Gasteiger partial charge in [0.2, 0.25) is 0 Å². The molecule has 0 spiro atoms. The highest BCUT2D eigenvalue weighted by Gasteiger charge is 2.36. The second-order valence-electron chi connectivity index (χ2n) is 9.89. The number of anilines is 1. The molecule has 3 saturated heterocycles. The van der Waals surface area contributed by atoms with E-state index in [-0.39, 0.29) is 11.8 Å². The van der Waals surface area contributed by atoms with Crippen LogP contribution in [0.3, 0.4) is 0 Å². The Hall–Kier alpha value is -3.90. The van der Waals surface area contributed by atoms with E-state index in [1.165, 1.54) is 12.8 Å². The fourth-order valence-corrected chi connectivity index (χ4v) is 5.66. The van der Waals surface area contributed by atoms with Gasteiger partial charge in [0, 0.05) is 35.9 Å². The Labute approximate surface area is 211 Å². The number of rotatable bonds is 6. The number of nitrogens with zero attached hydrogens (tertiary/aromatic N) is 1. The molecule has 2 amide bonds. The fraction of sp³-hybridized carbons (Fsp3) is 0.267. The average Bonchev–Trinajstić information content (AvgIpc) is 3.26. The lowest BCUT2D eigenvalue weighted by atomic mass is 9.83. The SMILES string of the molecule is O=C1Nc2ccc(C(=O)NCc3ccccc3)cc2/C1=C(/N[C@H]1CN2CCC1CC2)c1ccccc1. The summed E-state index contributed by atoms with van der Waals surface area (Å²) in [5.74, 6) is 0.305. The molecule has 2 bridgehead atoms. The van der Waals surface area contributed by atoms with Crippen molar-refractivity contribution < 1.29 is 9.59 Å². The summed E-state index contributed by atoms with van der Waals surface area (Å²) in [5.41, 5.74) is 5.49. The number of carbonyl (C=O) groups excluding carboxylic acids is 2. The van der Waals surface area contributed by atoms with Crippen LogP contribution in [0.25, 0.3) is 11.3 Å². The summed E-state index contributed by atoms with van der Waals surface area (Å²) in [5, 5.41) is 9.80. The zero-order chi connectivity index (χ0) is 24.5. The highest BCUT2D eigenvalue weighted by Crippen LogP contribution is 2.38. The molecule has 0 unspecified atom stereocenters. The van der Waals surface area contributed by atoms with Gasteiger partial charge in [-0.25, -0.2) is 0 Å². The van der Waals surface area contributed by atoms with Crippen molar-refractivity contribution in [2.75, 3.05) is 25.0 Å². The van der Waals surface area contributed by atoms with Crippen molar-refractivity contribution >= 4 is 28.8 Å². The molecule has 4 aliphatic heterocycles. The van der Waals surface area contributed by atoms with E-state index < -0.39 is 0 Å². The van der Waals surface area contributed by atoms with E-state index >= 15 is 0 Å². The molecule has 0 radical (unpaired) electrons. The Bertz CT molecular complexity index is 1310. The molecule has 36 heavy (non-hydrogen) atoms. The molecule has 3 aromatic rings. The van der Waals surface area contributed by atoms with Crippen LogP contribution in [-0.2, 0) is 11.3 Å². The maximum absolute atomic E-state index is 13.3. The summed E-state index contributed by atoms with van der Waals surface area (Å²) in [6.07, 6.45) is 2.37.